The third-order valence-corrected chi connectivity index (χ3v) is 4.94. The van der Waals surface area contributed by atoms with Gasteiger partial charge in [0.25, 0.3) is 0 Å². The van der Waals surface area contributed by atoms with Crippen LogP contribution in [0.5, 0.6) is 0 Å². The van der Waals surface area contributed by atoms with Gasteiger partial charge in [-0.2, -0.15) is 0 Å². The third kappa shape index (κ3) is 4.07. The molecule has 0 unspecified atom stereocenters. The quantitative estimate of drug-likeness (QED) is 0.592. The van der Waals surface area contributed by atoms with Crippen LogP contribution in [0, 0.1) is 5.41 Å². The molecule has 0 aliphatic carbocycles. The summed E-state index contributed by atoms with van der Waals surface area (Å²) in [6.07, 6.45) is 1.29. The first-order valence-electron chi connectivity index (χ1n) is 3.82. The molecule has 0 saturated heterocycles. The lowest BCUT2D eigenvalue weighted by atomic mass is 9.83. The summed E-state index contributed by atoms with van der Waals surface area (Å²) < 4.78 is 22.2. The molecule has 0 aliphatic rings. The molecular weight excluding hydrogens is 287 g/mol. The summed E-state index contributed by atoms with van der Waals surface area (Å²) in [5, 5.41) is 0. The van der Waals surface area contributed by atoms with Crippen molar-refractivity contribution in [2.45, 2.75) is 31.1 Å². The Hall–Kier alpha value is 0.680. The van der Waals surface area contributed by atoms with Gasteiger partial charge in [0.2, 0.25) is 0 Å². The number of sulfone groups is 1. The van der Waals surface area contributed by atoms with Crippen molar-refractivity contribution in [3.05, 3.63) is 0 Å². The number of alkyl halides is 1. The highest BCUT2D eigenvalue weighted by molar-refractivity contribution is 14.1. The van der Waals surface area contributed by atoms with Crippen molar-refractivity contribution >= 4 is 32.4 Å². The Morgan fingerprint density at radius 3 is 1.58 bits per heavy atom. The van der Waals surface area contributed by atoms with Crippen molar-refractivity contribution in [1.29, 1.82) is 0 Å². The van der Waals surface area contributed by atoms with E-state index in [-0.39, 0.29) is 14.6 Å². The summed E-state index contributed by atoms with van der Waals surface area (Å²) in [5.41, 5.74) is -0.179. The van der Waals surface area contributed by atoms with Crippen LogP contribution < -0.4 is 0 Å². The lowest BCUT2D eigenvalue weighted by Crippen LogP contribution is -2.38. The molecule has 0 saturated carbocycles. The van der Waals surface area contributed by atoms with E-state index in [0.717, 1.165) is 0 Å². The molecule has 0 bridgehead atoms. The molecular formula is C8H17IO2S. The zero-order valence-corrected chi connectivity index (χ0v) is 11.3. The maximum Gasteiger partial charge on any atom is 0.148 e. The first kappa shape index (κ1) is 12.7. The standard InChI is InChI=1S/C8H17IO2S/c1-7(2,8(3,4)9)6-12(5,10)11/h6H2,1-5H3. The predicted octanol–water partition coefficient (Wildman–Crippen LogP) is 2.27. The molecule has 12 heavy (non-hydrogen) atoms. The molecule has 0 aromatic carbocycles. The molecule has 0 aromatic heterocycles. The van der Waals surface area contributed by atoms with Gasteiger partial charge in [-0.3, -0.25) is 0 Å². The summed E-state index contributed by atoms with van der Waals surface area (Å²) in [5.74, 6) is 0.246. The van der Waals surface area contributed by atoms with E-state index in [9.17, 15) is 8.42 Å². The second-order valence-corrected chi connectivity index (χ2v) is 9.26. The summed E-state index contributed by atoms with van der Waals surface area (Å²) in [6.45, 7) is 8.08. The van der Waals surface area contributed by atoms with Gasteiger partial charge in [0.05, 0.1) is 5.75 Å². The average Bonchev–Trinajstić information content (AvgIpc) is 1.52. The van der Waals surface area contributed by atoms with Gasteiger partial charge in [0.1, 0.15) is 9.84 Å². The van der Waals surface area contributed by atoms with Gasteiger partial charge in [-0.25, -0.2) is 8.42 Å². The molecule has 0 spiro atoms. The van der Waals surface area contributed by atoms with Crippen LogP contribution in [-0.4, -0.2) is 23.8 Å². The molecule has 4 heteroatoms. The van der Waals surface area contributed by atoms with Crippen molar-refractivity contribution in [1.82, 2.24) is 0 Å². The molecule has 0 atom stereocenters. The van der Waals surface area contributed by atoms with Crippen molar-refractivity contribution in [2.75, 3.05) is 12.0 Å². The molecule has 0 aliphatic heterocycles. The highest BCUT2D eigenvalue weighted by atomic mass is 127. The lowest BCUT2D eigenvalue weighted by molar-refractivity contribution is 0.338. The maximum absolute atomic E-state index is 11.1. The Bertz CT molecular complexity index is 247. The smallest absolute Gasteiger partial charge is 0.148 e. The molecule has 0 radical (unpaired) electrons. The fraction of sp³-hybridized carbons (Fsp3) is 1.00. The van der Waals surface area contributed by atoms with Crippen molar-refractivity contribution in [3.63, 3.8) is 0 Å². The number of halogens is 1. The van der Waals surface area contributed by atoms with Gasteiger partial charge < -0.3 is 0 Å². The number of hydrogen-bond donors (Lipinski definition) is 0. The molecule has 2 nitrogen and oxygen atoms in total. The highest BCUT2D eigenvalue weighted by Gasteiger charge is 2.37. The second-order valence-electron chi connectivity index (χ2n) is 4.43. The zero-order chi connectivity index (χ0) is 10.2. The zero-order valence-electron chi connectivity index (χ0n) is 8.31. The van der Waals surface area contributed by atoms with Crippen molar-refractivity contribution in [3.8, 4) is 0 Å². The van der Waals surface area contributed by atoms with E-state index in [1.165, 1.54) is 6.26 Å². The SMILES string of the molecule is CC(C)(I)C(C)(C)CS(C)(=O)=O. The fourth-order valence-corrected chi connectivity index (χ4v) is 2.95. The Morgan fingerprint density at radius 1 is 1.17 bits per heavy atom. The van der Waals surface area contributed by atoms with Gasteiger partial charge in [0, 0.05) is 9.68 Å². The Morgan fingerprint density at radius 2 is 1.50 bits per heavy atom. The minimum Gasteiger partial charge on any atom is -0.229 e. The molecule has 0 N–H and O–H groups in total. The summed E-state index contributed by atoms with van der Waals surface area (Å²) in [7, 11) is -2.87. The van der Waals surface area contributed by atoms with Crippen LogP contribution in [0.4, 0.5) is 0 Å². The van der Waals surface area contributed by atoms with Crippen molar-refractivity contribution in [2.24, 2.45) is 5.41 Å². The van der Waals surface area contributed by atoms with Gasteiger partial charge in [0.15, 0.2) is 0 Å². The average molecular weight is 304 g/mol. The molecule has 0 aromatic rings. The van der Waals surface area contributed by atoms with E-state index >= 15 is 0 Å². The second kappa shape index (κ2) is 3.44. The van der Waals surface area contributed by atoms with Gasteiger partial charge >= 0.3 is 0 Å². The molecule has 0 fully saturated rings. The van der Waals surface area contributed by atoms with E-state index in [1.807, 2.05) is 13.8 Å². The summed E-state index contributed by atoms with van der Waals surface area (Å²) in [6, 6.07) is 0. The fourth-order valence-electron chi connectivity index (χ4n) is 0.827. The Kier molecular flexibility index (Phi) is 3.63. The first-order chi connectivity index (χ1) is 4.96. The first-order valence-corrected chi connectivity index (χ1v) is 6.96. The van der Waals surface area contributed by atoms with Crippen LogP contribution in [0.2, 0.25) is 0 Å². The maximum atomic E-state index is 11.1. The van der Waals surface area contributed by atoms with Crippen LogP contribution >= 0.6 is 22.6 Å². The molecule has 0 amide bonds. The minimum absolute atomic E-state index is 0.00611. The topological polar surface area (TPSA) is 34.1 Å². The van der Waals surface area contributed by atoms with Crippen LogP contribution in [0.1, 0.15) is 27.7 Å². The highest BCUT2D eigenvalue weighted by Crippen LogP contribution is 2.39. The van der Waals surface area contributed by atoms with Gasteiger partial charge in [-0.1, -0.05) is 50.3 Å². The van der Waals surface area contributed by atoms with Gasteiger partial charge in [-0.05, 0) is 5.41 Å². The molecule has 0 heterocycles. The Balaban J connectivity index is 4.67. The lowest BCUT2D eigenvalue weighted by Gasteiger charge is -2.36. The normalized spacial score (nSPS) is 14.8. The van der Waals surface area contributed by atoms with Crippen molar-refractivity contribution < 1.29 is 8.42 Å². The van der Waals surface area contributed by atoms with E-state index in [4.69, 9.17) is 0 Å². The summed E-state index contributed by atoms with van der Waals surface area (Å²) >= 11 is 2.29. The minimum atomic E-state index is -2.87. The van der Waals surface area contributed by atoms with E-state index in [2.05, 4.69) is 36.4 Å². The molecule has 0 rings (SSSR count). The monoisotopic (exact) mass is 304 g/mol. The molecule has 74 valence electrons. The number of hydrogen-bond acceptors (Lipinski definition) is 2. The van der Waals surface area contributed by atoms with Crippen LogP contribution in [0.3, 0.4) is 0 Å². The van der Waals surface area contributed by atoms with Crippen LogP contribution in [-0.2, 0) is 9.84 Å². The largest absolute Gasteiger partial charge is 0.229 e. The van der Waals surface area contributed by atoms with Gasteiger partial charge in [-0.15, -0.1) is 0 Å². The number of rotatable bonds is 3. The van der Waals surface area contributed by atoms with Crippen LogP contribution in [0.15, 0.2) is 0 Å². The Labute approximate surface area is 89.2 Å². The summed E-state index contributed by atoms with van der Waals surface area (Å²) in [4.78, 5) is 0. The van der Waals surface area contributed by atoms with E-state index in [1.54, 1.807) is 0 Å². The van der Waals surface area contributed by atoms with E-state index < -0.39 is 9.84 Å². The van der Waals surface area contributed by atoms with Crippen LogP contribution in [0.25, 0.3) is 0 Å². The van der Waals surface area contributed by atoms with E-state index in [0.29, 0.717) is 0 Å². The third-order valence-electron chi connectivity index (χ3n) is 2.23. The predicted molar refractivity (Wildman–Crippen MR) is 61.6 cm³/mol.